The van der Waals surface area contributed by atoms with Crippen LogP contribution in [0.4, 0.5) is 0 Å². The van der Waals surface area contributed by atoms with E-state index in [0.717, 1.165) is 19.2 Å². The largest absolute Gasteiger partial charge is 0.403 e. The molecule has 0 aliphatic heterocycles. The van der Waals surface area contributed by atoms with Gasteiger partial charge in [0.15, 0.2) is 0 Å². The second kappa shape index (κ2) is 6.34. The summed E-state index contributed by atoms with van der Waals surface area (Å²) in [6.45, 7) is 20.6. The van der Waals surface area contributed by atoms with E-state index < -0.39 is 24.1 Å². The molecule has 0 aliphatic carbocycles. The summed E-state index contributed by atoms with van der Waals surface area (Å²) >= 11 is 6.50. The van der Waals surface area contributed by atoms with Crippen molar-refractivity contribution in [2.24, 2.45) is 0 Å². The standard InChI is InChI=1S/C11H30ClNOSi3/c1-9-14-17(8,12)11-10-13(15(2,3)4)16(5,6)7/h9-11H2,1-8H3. The fourth-order valence-electron chi connectivity index (χ4n) is 2.36. The van der Waals surface area contributed by atoms with Crippen LogP contribution < -0.4 is 0 Å². The molecule has 0 saturated carbocycles. The summed E-state index contributed by atoms with van der Waals surface area (Å²) in [5.74, 6) is 0. The molecule has 0 aliphatic rings. The maximum absolute atomic E-state index is 6.50. The lowest BCUT2D eigenvalue weighted by Crippen LogP contribution is -2.60. The topological polar surface area (TPSA) is 12.5 Å². The zero-order valence-corrected chi connectivity index (χ0v) is 16.6. The summed E-state index contributed by atoms with van der Waals surface area (Å²) in [6, 6.07) is 1.04. The first-order chi connectivity index (χ1) is 7.40. The zero-order valence-electron chi connectivity index (χ0n) is 12.9. The molecule has 0 aromatic carbocycles. The van der Waals surface area contributed by atoms with Crippen LogP contribution in [0.3, 0.4) is 0 Å². The Labute approximate surface area is 116 Å². The average Bonchev–Trinajstić information content (AvgIpc) is 1.97. The van der Waals surface area contributed by atoms with Gasteiger partial charge in [-0.15, -0.1) is 11.1 Å². The molecule has 0 spiro atoms. The summed E-state index contributed by atoms with van der Waals surface area (Å²) in [6.07, 6.45) is 0. The van der Waals surface area contributed by atoms with Gasteiger partial charge in [-0.1, -0.05) is 39.3 Å². The summed E-state index contributed by atoms with van der Waals surface area (Å²) in [5, 5.41) is 0. The zero-order chi connectivity index (χ0) is 13.9. The van der Waals surface area contributed by atoms with E-state index >= 15 is 0 Å². The molecule has 0 amide bonds. The smallest absolute Gasteiger partial charge is 0.288 e. The van der Waals surface area contributed by atoms with Crippen molar-refractivity contribution < 1.29 is 4.43 Å². The Balaban J connectivity index is 4.59. The first-order valence-electron chi connectivity index (χ1n) is 6.51. The summed E-state index contributed by atoms with van der Waals surface area (Å²) in [5.41, 5.74) is 0. The Morgan fingerprint density at radius 2 is 1.35 bits per heavy atom. The van der Waals surface area contributed by atoms with E-state index in [1.165, 1.54) is 0 Å². The van der Waals surface area contributed by atoms with Crippen LogP contribution in [0.5, 0.6) is 0 Å². The summed E-state index contributed by atoms with van der Waals surface area (Å²) in [7, 11) is -4.43. The molecule has 104 valence electrons. The molecule has 1 atom stereocenters. The van der Waals surface area contributed by atoms with E-state index in [1.807, 2.05) is 6.92 Å². The third-order valence-electron chi connectivity index (χ3n) is 2.85. The van der Waals surface area contributed by atoms with Crippen LogP contribution in [0.2, 0.25) is 51.9 Å². The highest BCUT2D eigenvalue weighted by Crippen LogP contribution is 2.24. The first kappa shape index (κ1) is 17.9. The molecule has 0 N–H and O–H groups in total. The second-order valence-electron chi connectivity index (χ2n) is 6.78. The minimum atomic E-state index is -1.95. The first-order valence-corrected chi connectivity index (χ1v) is 17.0. The molecule has 0 aromatic heterocycles. The molecule has 1 unspecified atom stereocenters. The van der Waals surface area contributed by atoms with E-state index in [-0.39, 0.29) is 0 Å². The molecule has 2 nitrogen and oxygen atoms in total. The lowest BCUT2D eigenvalue weighted by Gasteiger charge is -2.44. The number of rotatable bonds is 7. The quantitative estimate of drug-likeness (QED) is 0.513. The lowest BCUT2D eigenvalue weighted by molar-refractivity contribution is 0.337. The molecule has 0 bridgehead atoms. The van der Waals surface area contributed by atoms with Gasteiger partial charge in [0.25, 0.3) is 7.63 Å². The number of nitrogens with zero attached hydrogens (tertiary/aromatic N) is 1. The molecular formula is C11H30ClNOSi3. The van der Waals surface area contributed by atoms with Crippen molar-refractivity contribution in [2.75, 3.05) is 13.2 Å². The predicted molar refractivity (Wildman–Crippen MR) is 87.3 cm³/mol. The molecule has 0 fully saturated rings. The highest BCUT2D eigenvalue weighted by molar-refractivity contribution is 7.16. The maximum Gasteiger partial charge on any atom is 0.288 e. The third kappa shape index (κ3) is 7.12. The van der Waals surface area contributed by atoms with Crippen LogP contribution >= 0.6 is 11.1 Å². The molecule has 0 heterocycles. The van der Waals surface area contributed by atoms with Crippen molar-refractivity contribution in [3.63, 3.8) is 0 Å². The van der Waals surface area contributed by atoms with Gasteiger partial charge < -0.3 is 8.66 Å². The number of hydrogen-bond donors (Lipinski definition) is 0. The molecular weight excluding hydrogens is 282 g/mol. The Morgan fingerprint density at radius 3 is 1.65 bits per heavy atom. The van der Waals surface area contributed by atoms with Gasteiger partial charge in [0.2, 0.25) is 0 Å². The Hall–Kier alpha value is 0.861. The predicted octanol–water partition coefficient (Wildman–Crippen LogP) is 4.31. The Kier molecular flexibility index (Phi) is 6.66. The van der Waals surface area contributed by atoms with Crippen molar-refractivity contribution in [1.29, 1.82) is 0 Å². The van der Waals surface area contributed by atoms with Gasteiger partial charge in [0.05, 0.1) is 0 Å². The maximum atomic E-state index is 6.50. The minimum absolute atomic E-state index is 0.742. The van der Waals surface area contributed by atoms with Crippen LogP contribution in [0, 0.1) is 0 Å². The summed E-state index contributed by atoms with van der Waals surface area (Å²) < 4.78 is 8.50. The molecule has 0 rings (SSSR count). The van der Waals surface area contributed by atoms with Crippen LogP contribution in [0.1, 0.15) is 6.92 Å². The highest BCUT2D eigenvalue weighted by atomic mass is 35.6. The van der Waals surface area contributed by atoms with Crippen molar-refractivity contribution in [2.45, 2.75) is 58.8 Å². The SMILES string of the molecule is CCO[Si](C)(Cl)CCN([Si](C)(C)C)[Si](C)(C)C. The van der Waals surface area contributed by atoms with Crippen molar-refractivity contribution >= 4 is 35.2 Å². The van der Waals surface area contributed by atoms with E-state index in [0.29, 0.717) is 0 Å². The third-order valence-corrected chi connectivity index (χ3v) is 13.5. The number of hydrogen-bond acceptors (Lipinski definition) is 2. The van der Waals surface area contributed by atoms with E-state index in [1.54, 1.807) is 0 Å². The number of halogens is 1. The van der Waals surface area contributed by atoms with Gasteiger partial charge in [0, 0.05) is 6.61 Å². The normalized spacial score (nSPS) is 17.3. The van der Waals surface area contributed by atoms with Gasteiger partial charge in [-0.2, -0.15) is 0 Å². The Bertz CT molecular complexity index is 222. The second-order valence-corrected chi connectivity index (χ2v) is 22.4. The van der Waals surface area contributed by atoms with Crippen LogP contribution in [0.15, 0.2) is 0 Å². The van der Waals surface area contributed by atoms with Crippen LogP contribution in [-0.2, 0) is 4.43 Å². The van der Waals surface area contributed by atoms with Gasteiger partial charge in [-0.25, -0.2) is 0 Å². The van der Waals surface area contributed by atoms with Crippen molar-refractivity contribution in [1.82, 2.24) is 4.23 Å². The lowest BCUT2D eigenvalue weighted by atomic mass is 10.8. The van der Waals surface area contributed by atoms with Crippen LogP contribution in [0.25, 0.3) is 0 Å². The van der Waals surface area contributed by atoms with Gasteiger partial charge in [0.1, 0.15) is 16.5 Å². The van der Waals surface area contributed by atoms with Gasteiger partial charge in [-0.3, -0.25) is 0 Å². The average molecular weight is 312 g/mol. The molecule has 0 saturated heterocycles. The molecule has 0 aromatic rings. The van der Waals surface area contributed by atoms with Gasteiger partial charge >= 0.3 is 0 Å². The fourth-order valence-corrected chi connectivity index (χ4v) is 14.4. The van der Waals surface area contributed by atoms with Crippen LogP contribution in [-0.4, -0.2) is 41.5 Å². The van der Waals surface area contributed by atoms with E-state index in [2.05, 4.69) is 50.1 Å². The van der Waals surface area contributed by atoms with E-state index in [4.69, 9.17) is 15.5 Å². The summed E-state index contributed by atoms with van der Waals surface area (Å²) in [4.78, 5) is 0. The Morgan fingerprint density at radius 1 is 0.941 bits per heavy atom. The van der Waals surface area contributed by atoms with E-state index in [9.17, 15) is 0 Å². The van der Waals surface area contributed by atoms with Crippen molar-refractivity contribution in [3.8, 4) is 0 Å². The minimum Gasteiger partial charge on any atom is -0.403 e. The molecule has 6 heteroatoms. The molecule has 0 radical (unpaired) electrons. The molecule has 17 heavy (non-hydrogen) atoms. The monoisotopic (exact) mass is 311 g/mol. The fraction of sp³-hybridized carbons (Fsp3) is 1.00. The van der Waals surface area contributed by atoms with Crippen molar-refractivity contribution in [3.05, 3.63) is 0 Å². The van der Waals surface area contributed by atoms with Gasteiger partial charge in [-0.05, 0) is 26.1 Å². The highest BCUT2D eigenvalue weighted by Gasteiger charge is 2.36.